The molecule has 1 N–H and O–H groups in total. The molecule has 18 heavy (non-hydrogen) atoms. The Morgan fingerprint density at radius 3 is 2.72 bits per heavy atom. The molecule has 0 fully saturated rings. The summed E-state index contributed by atoms with van der Waals surface area (Å²) < 4.78 is 16.6. The Balaban J connectivity index is 2.35. The van der Waals surface area contributed by atoms with Crippen LogP contribution in [0.25, 0.3) is 0 Å². The van der Waals surface area contributed by atoms with Gasteiger partial charge < -0.3 is 19.2 Å². The van der Waals surface area contributed by atoms with Crippen molar-refractivity contribution >= 4 is 0 Å². The maximum Gasteiger partial charge on any atom is 0.118 e. The van der Waals surface area contributed by atoms with E-state index in [2.05, 4.69) is 19.2 Å². The molecule has 1 rings (SSSR count). The maximum absolute atomic E-state index is 5.67. The van der Waals surface area contributed by atoms with Gasteiger partial charge in [0.05, 0.1) is 18.8 Å². The van der Waals surface area contributed by atoms with Crippen molar-refractivity contribution in [3.05, 3.63) is 23.2 Å². The van der Waals surface area contributed by atoms with Gasteiger partial charge in [-0.3, -0.25) is 0 Å². The predicted octanol–water partition coefficient (Wildman–Crippen LogP) is 2.64. The molecule has 1 aromatic rings. The van der Waals surface area contributed by atoms with Gasteiger partial charge in [-0.2, -0.15) is 0 Å². The number of hydrogen-bond acceptors (Lipinski definition) is 4. The van der Waals surface area contributed by atoms with Crippen LogP contribution in [0.15, 0.2) is 10.5 Å². The standard InChI is InChI=1S/C14H25NO3/c1-11-12(8-13(18-11)9-15-4)10-17-7-6-14(2,3)16-5/h8,15H,6-7,9-10H2,1-5H3. The first-order valence-electron chi connectivity index (χ1n) is 6.34. The molecule has 0 saturated carbocycles. The number of ether oxygens (including phenoxy) is 2. The summed E-state index contributed by atoms with van der Waals surface area (Å²) in [6.45, 7) is 8.12. The van der Waals surface area contributed by atoms with Gasteiger partial charge in [-0.15, -0.1) is 0 Å². The number of rotatable bonds is 8. The Labute approximate surface area is 110 Å². The van der Waals surface area contributed by atoms with E-state index in [-0.39, 0.29) is 5.60 Å². The van der Waals surface area contributed by atoms with Gasteiger partial charge in [-0.25, -0.2) is 0 Å². The molecule has 0 saturated heterocycles. The van der Waals surface area contributed by atoms with Crippen molar-refractivity contribution in [3.8, 4) is 0 Å². The van der Waals surface area contributed by atoms with Crippen LogP contribution >= 0.6 is 0 Å². The molecule has 0 atom stereocenters. The molecular formula is C14H25NO3. The van der Waals surface area contributed by atoms with Crippen molar-refractivity contribution in [2.24, 2.45) is 0 Å². The summed E-state index contributed by atoms with van der Waals surface area (Å²) >= 11 is 0. The minimum absolute atomic E-state index is 0.122. The third kappa shape index (κ3) is 4.80. The van der Waals surface area contributed by atoms with E-state index in [1.54, 1.807) is 7.11 Å². The highest BCUT2D eigenvalue weighted by atomic mass is 16.5. The summed E-state index contributed by atoms with van der Waals surface area (Å²) in [4.78, 5) is 0. The molecule has 0 radical (unpaired) electrons. The molecule has 1 aromatic heterocycles. The first-order valence-corrected chi connectivity index (χ1v) is 6.34. The maximum atomic E-state index is 5.67. The molecule has 0 aliphatic rings. The van der Waals surface area contributed by atoms with E-state index in [9.17, 15) is 0 Å². The number of furan rings is 1. The molecule has 104 valence electrons. The fraction of sp³-hybridized carbons (Fsp3) is 0.714. The Morgan fingerprint density at radius 2 is 2.11 bits per heavy atom. The summed E-state index contributed by atoms with van der Waals surface area (Å²) in [5.74, 6) is 1.89. The van der Waals surface area contributed by atoms with Crippen molar-refractivity contribution < 1.29 is 13.9 Å². The Hall–Kier alpha value is -0.840. The predicted molar refractivity (Wildman–Crippen MR) is 71.6 cm³/mol. The normalized spacial score (nSPS) is 12.1. The van der Waals surface area contributed by atoms with Crippen molar-refractivity contribution in [1.82, 2.24) is 5.32 Å². The smallest absolute Gasteiger partial charge is 0.118 e. The average molecular weight is 255 g/mol. The summed E-state index contributed by atoms with van der Waals surface area (Å²) in [5.41, 5.74) is 0.999. The van der Waals surface area contributed by atoms with Crippen LogP contribution in [0.1, 0.15) is 37.4 Å². The van der Waals surface area contributed by atoms with Gasteiger partial charge in [0.1, 0.15) is 11.5 Å². The van der Waals surface area contributed by atoms with Gasteiger partial charge in [0, 0.05) is 19.3 Å². The highest BCUT2D eigenvalue weighted by Crippen LogP contribution is 2.17. The zero-order valence-corrected chi connectivity index (χ0v) is 12.1. The highest BCUT2D eigenvalue weighted by molar-refractivity contribution is 5.19. The van der Waals surface area contributed by atoms with E-state index < -0.39 is 0 Å². The summed E-state index contributed by atoms with van der Waals surface area (Å²) in [6, 6.07) is 2.05. The zero-order valence-electron chi connectivity index (χ0n) is 12.1. The molecule has 4 nitrogen and oxygen atoms in total. The molecule has 1 heterocycles. The Kier molecular flexibility index (Phi) is 5.85. The highest BCUT2D eigenvalue weighted by Gasteiger charge is 2.15. The molecule has 0 aromatic carbocycles. The lowest BCUT2D eigenvalue weighted by atomic mass is 10.1. The zero-order chi connectivity index (χ0) is 13.6. The first-order chi connectivity index (χ1) is 8.48. The largest absolute Gasteiger partial charge is 0.465 e. The van der Waals surface area contributed by atoms with Gasteiger partial charge >= 0.3 is 0 Å². The monoisotopic (exact) mass is 255 g/mol. The number of nitrogens with one attached hydrogen (secondary N) is 1. The van der Waals surface area contributed by atoms with Gasteiger partial charge in [-0.1, -0.05) is 0 Å². The van der Waals surface area contributed by atoms with Crippen molar-refractivity contribution in [1.29, 1.82) is 0 Å². The quantitative estimate of drug-likeness (QED) is 0.725. The lowest BCUT2D eigenvalue weighted by Crippen LogP contribution is -2.24. The van der Waals surface area contributed by atoms with Gasteiger partial charge in [-0.05, 0) is 40.3 Å². The van der Waals surface area contributed by atoms with E-state index in [1.807, 2.05) is 20.0 Å². The minimum atomic E-state index is -0.122. The Morgan fingerprint density at radius 1 is 1.39 bits per heavy atom. The van der Waals surface area contributed by atoms with Gasteiger partial charge in [0.25, 0.3) is 0 Å². The van der Waals surface area contributed by atoms with E-state index in [0.29, 0.717) is 13.2 Å². The summed E-state index contributed by atoms with van der Waals surface area (Å²) in [6.07, 6.45) is 0.879. The number of aryl methyl sites for hydroxylation is 1. The van der Waals surface area contributed by atoms with Gasteiger partial charge in [0.2, 0.25) is 0 Å². The topological polar surface area (TPSA) is 43.6 Å². The van der Waals surface area contributed by atoms with Crippen molar-refractivity contribution in [2.75, 3.05) is 20.8 Å². The fourth-order valence-electron chi connectivity index (χ4n) is 1.59. The molecule has 0 spiro atoms. The second kappa shape index (κ2) is 6.92. The van der Waals surface area contributed by atoms with Crippen molar-refractivity contribution in [2.45, 2.75) is 45.9 Å². The molecule has 0 aliphatic carbocycles. The van der Waals surface area contributed by atoms with Crippen molar-refractivity contribution in [3.63, 3.8) is 0 Å². The lowest BCUT2D eigenvalue weighted by molar-refractivity contribution is -0.0125. The van der Waals surface area contributed by atoms with Crippen LogP contribution in [0.3, 0.4) is 0 Å². The van der Waals surface area contributed by atoms with E-state index in [4.69, 9.17) is 13.9 Å². The van der Waals surface area contributed by atoms with Gasteiger partial charge in [0.15, 0.2) is 0 Å². The van der Waals surface area contributed by atoms with Crippen LogP contribution in [-0.4, -0.2) is 26.4 Å². The second-order valence-corrected chi connectivity index (χ2v) is 5.09. The number of hydrogen-bond donors (Lipinski definition) is 1. The van der Waals surface area contributed by atoms with Crippen LogP contribution in [0.4, 0.5) is 0 Å². The van der Waals surface area contributed by atoms with E-state index >= 15 is 0 Å². The second-order valence-electron chi connectivity index (χ2n) is 5.09. The van der Waals surface area contributed by atoms with Crippen LogP contribution < -0.4 is 5.32 Å². The third-order valence-corrected chi connectivity index (χ3v) is 3.08. The minimum Gasteiger partial charge on any atom is -0.465 e. The van der Waals surface area contributed by atoms with Crippen LogP contribution in [0.2, 0.25) is 0 Å². The van der Waals surface area contributed by atoms with E-state index in [0.717, 1.165) is 30.0 Å². The molecule has 0 amide bonds. The molecule has 0 aliphatic heterocycles. The Bertz CT molecular complexity index is 358. The third-order valence-electron chi connectivity index (χ3n) is 3.08. The van der Waals surface area contributed by atoms with Crippen LogP contribution in [-0.2, 0) is 22.6 Å². The molecule has 0 bridgehead atoms. The summed E-state index contributed by atoms with van der Waals surface area (Å²) in [5, 5.41) is 3.07. The summed E-state index contributed by atoms with van der Waals surface area (Å²) in [7, 11) is 3.63. The lowest BCUT2D eigenvalue weighted by Gasteiger charge is -2.22. The molecule has 0 unspecified atom stereocenters. The van der Waals surface area contributed by atoms with E-state index in [1.165, 1.54) is 0 Å². The number of methoxy groups -OCH3 is 1. The fourth-order valence-corrected chi connectivity index (χ4v) is 1.59. The average Bonchev–Trinajstić information content (AvgIpc) is 2.66. The SMILES string of the molecule is CNCc1cc(COCCC(C)(C)OC)c(C)o1. The van der Waals surface area contributed by atoms with Crippen LogP contribution in [0, 0.1) is 6.92 Å². The molecular weight excluding hydrogens is 230 g/mol. The first kappa shape index (κ1) is 15.2. The molecule has 4 heteroatoms. The van der Waals surface area contributed by atoms with Crippen LogP contribution in [0.5, 0.6) is 0 Å².